The van der Waals surface area contributed by atoms with Crippen molar-refractivity contribution >= 4 is 35.8 Å². The van der Waals surface area contributed by atoms with Gasteiger partial charge in [0.25, 0.3) is 0 Å². The van der Waals surface area contributed by atoms with Crippen LogP contribution in [0.4, 0.5) is 0 Å². The number of fused-ring (bicyclic) bond motifs is 2. The van der Waals surface area contributed by atoms with Crippen molar-refractivity contribution in [2.45, 2.75) is 69.7 Å². The Bertz CT molecular complexity index is 1690. The second kappa shape index (κ2) is 14.6. The van der Waals surface area contributed by atoms with E-state index in [-0.39, 0.29) is 50.6 Å². The number of ether oxygens (including phenoxy) is 5. The zero-order valence-corrected chi connectivity index (χ0v) is 27.8. The van der Waals surface area contributed by atoms with E-state index in [1.54, 1.807) is 44.2 Å². The first-order chi connectivity index (χ1) is 23.9. The van der Waals surface area contributed by atoms with Crippen LogP contribution in [0.5, 0.6) is 0 Å². The van der Waals surface area contributed by atoms with Crippen LogP contribution < -0.4 is 10.6 Å². The third-order valence-electron chi connectivity index (χ3n) is 9.14. The maximum Gasteiger partial charge on any atom is 0.348 e. The van der Waals surface area contributed by atoms with E-state index in [0.717, 1.165) is 11.1 Å². The molecule has 4 atom stereocenters. The lowest BCUT2D eigenvalue weighted by Gasteiger charge is -2.30. The van der Waals surface area contributed by atoms with Gasteiger partial charge >= 0.3 is 17.9 Å². The van der Waals surface area contributed by atoms with E-state index in [0.29, 0.717) is 24.0 Å². The Morgan fingerprint density at radius 3 is 2.34 bits per heavy atom. The van der Waals surface area contributed by atoms with Gasteiger partial charge in [0.1, 0.15) is 24.9 Å². The fourth-order valence-corrected chi connectivity index (χ4v) is 6.54. The highest BCUT2D eigenvalue weighted by molar-refractivity contribution is 5.95. The molecule has 2 fully saturated rings. The molecule has 2 aliphatic heterocycles. The minimum Gasteiger partial charge on any atom is -0.462 e. The van der Waals surface area contributed by atoms with Crippen molar-refractivity contribution in [2.75, 3.05) is 26.3 Å². The molecule has 264 valence electrons. The highest BCUT2D eigenvalue weighted by atomic mass is 16.8. The number of carbonyl (C=O) groups excluding carboxylic acids is 5. The summed E-state index contributed by atoms with van der Waals surface area (Å²) in [6.07, 6.45) is 2.37. The van der Waals surface area contributed by atoms with Gasteiger partial charge in [-0.2, -0.15) is 0 Å². The van der Waals surface area contributed by atoms with E-state index in [2.05, 4.69) is 10.6 Å². The van der Waals surface area contributed by atoms with E-state index in [1.807, 2.05) is 24.3 Å². The smallest absolute Gasteiger partial charge is 0.348 e. The van der Waals surface area contributed by atoms with E-state index in [4.69, 9.17) is 28.8 Å². The summed E-state index contributed by atoms with van der Waals surface area (Å²) in [7, 11) is 0. The van der Waals surface area contributed by atoms with Crippen molar-refractivity contribution in [3.05, 3.63) is 88.5 Å². The van der Waals surface area contributed by atoms with Crippen molar-refractivity contribution in [1.82, 2.24) is 10.6 Å². The highest BCUT2D eigenvalue weighted by Crippen LogP contribution is 2.45. The van der Waals surface area contributed by atoms with Crippen molar-refractivity contribution in [2.24, 2.45) is 5.41 Å². The Morgan fingerprint density at radius 1 is 0.960 bits per heavy atom. The molecule has 2 aromatic carbocycles. The standard InChI is InChI=1S/C37H40N2O11/c1-36(2)21-46-35(45)32(36)48-30(42)12-9-22-7-10-23(11-8-22)34(44)47-27-17-26(33(43)39-14-13-29(41)38-15-16-40)18-28-31(27)50-37(49-28)19-24-5-3-4-6-25(24)20-37/h3-12,18,27-28,31-32,40H,13-17,19-21H2,1-2H3,(H,38,41)(H,39,43). The summed E-state index contributed by atoms with van der Waals surface area (Å²) < 4.78 is 29.3. The first-order valence-corrected chi connectivity index (χ1v) is 16.6. The molecule has 2 saturated heterocycles. The Balaban J connectivity index is 1.11. The molecule has 4 unspecified atom stereocenters. The van der Waals surface area contributed by atoms with Gasteiger partial charge in [0.05, 0.1) is 12.2 Å². The number of nitrogens with one attached hydrogen (secondary N) is 2. The van der Waals surface area contributed by atoms with Gasteiger partial charge in [0, 0.05) is 55.8 Å². The van der Waals surface area contributed by atoms with Crippen LogP contribution in [0.2, 0.25) is 0 Å². The minimum absolute atomic E-state index is 0.0319. The maximum atomic E-state index is 13.4. The van der Waals surface area contributed by atoms with Crippen LogP contribution in [0.15, 0.2) is 66.3 Å². The van der Waals surface area contributed by atoms with Crippen molar-refractivity contribution in [3.63, 3.8) is 0 Å². The molecule has 13 nitrogen and oxygen atoms in total. The Kier molecular flexibility index (Phi) is 10.2. The largest absolute Gasteiger partial charge is 0.462 e. The quantitative estimate of drug-likeness (QED) is 0.179. The number of hydrogen-bond acceptors (Lipinski definition) is 11. The molecule has 0 radical (unpaired) electrons. The number of rotatable bonds is 11. The van der Waals surface area contributed by atoms with Crippen LogP contribution in [0.1, 0.15) is 53.7 Å². The number of aliphatic hydroxyl groups is 1. The summed E-state index contributed by atoms with van der Waals surface area (Å²) in [6, 6.07) is 14.3. The number of amides is 2. The Morgan fingerprint density at radius 2 is 1.68 bits per heavy atom. The zero-order chi connectivity index (χ0) is 35.5. The van der Waals surface area contributed by atoms with Crippen molar-refractivity contribution in [3.8, 4) is 0 Å². The van der Waals surface area contributed by atoms with Gasteiger partial charge in [-0.05, 0) is 41.0 Å². The molecule has 2 aromatic rings. The van der Waals surface area contributed by atoms with Crippen LogP contribution in [0.25, 0.3) is 6.08 Å². The molecular weight excluding hydrogens is 648 g/mol. The molecular formula is C37H40N2O11. The van der Waals surface area contributed by atoms with E-state index >= 15 is 0 Å². The normalized spacial score (nSPS) is 24.2. The van der Waals surface area contributed by atoms with Gasteiger partial charge in [0.15, 0.2) is 5.79 Å². The van der Waals surface area contributed by atoms with Gasteiger partial charge in [-0.15, -0.1) is 0 Å². The van der Waals surface area contributed by atoms with Crippen LogP contribution in [0, 0.1) is 5.41 Å². The molecule has 13 heteroatoms. The average Bonchev–Trinajstić information content (AvgIpc) is 3.73. The Labute approximate surface area is 288 Å². The number of aliphatic hydroxyl groups excluding tert-OH is 1. The SMILES string of the molecule is CC1(C)COC(=O)C1OC(=O)C=Cc1ccc(C(=O)OC2CC(C(=O)NCCC(=O)NCCO)=CC3OC4(Cc5ccccc5C4)OC32)cc1. The van der Waals surface area contributed by atoms with Crippen LogP contribution in [0.3, 0.4) is 0 Å². The van der Waals surface area contributed by atoms with Gasteiger partial charge in [-0.3, -0.25) is 9.59 Å². The van der Waals surface area contributed by atoms with Crippen molar-refractivity contribution < 1.29 is 52.8 Å². The predicted octanol–water partition coefficient (Wildman–Crippen LogP) is 1.94. The summed E-state index contributed by atoms with van der Waals surface area (Å²) in [5.74, 6) is -3.59. The summed E-state index contributed by atoms with van der Waals surface area (Å²) in [4.78, 5) is 62.9. The van der Waals surface area contributed by atoms with E-state index in [1.165, 1.54) is 12.2 Å². The van der Waals surface area contributed by atoms with E-state index < -0.39 is 59.4 Å². The molecule has 0 aromatic heterocycles. The topological polar surface area (TPSA) is 176 Å². The maximum absolute atomic E-state index is 13.4. The molecule has 50 heavy (non-hydrogen) atoms. The first kappa shape index (κ1) is 35.0. The molecule has 6 rings (SSSR count). The molecule has 0 bridgehead atoms. The lowest BCUT2D eigenvalue weighted by molar-refractivity contribution is -0.172. The average molecular weight is 689 g/mol. The first-order valence-electron chi connectivity index (χ1n) is 16.6. The molecule has 0 saturated carbocycles. The highest BCUT2D eigenvalue weighted by Gasteiger charge is 2.55. The van der Waals surface area contributed by atoms with Crippen LogP contribution >= 0.6 is 0 Å². The van der Waals surface area contributed by atoms with Crippen molar-refractivity contribution in [1.29, 1.82) is 0 Å². The third-order valence-corrected chi connectivity index (χ3v) is 9.14. The molecule has 4 aliphatic rings. The third kappa shape index (κ3) is 7.80. The number of cyclic esters (lactones) is 1. The monoisotopic (exact) mass is 688 g/mol. The second-order valence-corrected chi connectivity index (χ2v) is 13.5. The van der Waals surface area contributed by atoms with Gasteiger partial charge in [-0.25, -0.2) is 14.4 Å². The Hall–Kier alpha value is -4.85. The molecule has 2 amide bonds. The predicted molar refractivity (Wildman–Crippen MR) is 176 cm³/mol. The summed E-state index contributed by atoms with van der Waals surface area (Å²) in [5.41, 5.74) is 2.78. The molecule has 2 heterocycles. The fraction of sp³-hybridized carbons (Fsp3) is 0.432. The van der Waals surface area contributed by atoms with Gasteiger partial charge < -0.3 is 39.4 Å². The summed E-state index contributed by atoms with van der Waals surface area (Å²) >= 11 is 0. The zero-order valence-electron chi connectivity index (χ0n) is 27.8. The lowest BCUT2D eigenvalue weighted by Crippen LogP contribution is -2.44. The van der Waals surface area contributed by atoms with Crippen LogP contribution in [-0.2, 0) is 55.7 Å². The fourth-order valence-electron chi connectivity index (χ4n) is 6.54. The molecule has 1 spiro atoms. The number of esters is 3. The molecule has 3 N–H and O–H groups in total. The number of carbonyl (C=O) groups is 5. The number of benzene rings is 2. The lowest BCUT2D eigenvalue weighted by atomic mass is 9.90. The molecule has 2 aliphatic carbocycles. The summed E-state index contributed by atoms with van der Waals surface area (Å²) in [5, 5.41) is 14.2. The van der Waals surface area contributed by atoms with Gasteiger partial charge in [-0.1, -0.05) is 50.2 Å². The number of hydrogen-bond donors (Lipinski definition) is 3. The minimum atomic E-state index is -0.991. The second-order valence-electron chi connectivity index (χ2n) is 13.5. The summed E-state index contributed by atoms with van der Waals surface area (Å²) in [6.45, 7) is 3.74. The van der Waals surface area contributed by atoms with Crippen LogP contribution in [-0.4, -0.2) is 91.3 Å². The van der Waals surface area contributed by atoms with E-state index in [9.17, 15) is 24.0 Å². The van der Waals surface area contributed by atoms with Gasteiger partial charge in [0.2, 0.25) is 17.9 Å².